The van der Waals surface area contributed by atoms with Gasteiger partial charge in [-0.05, 0) is 47.1 Å². The molecule has 0 saturated heterocycles. The lowest BCUT2D eigenvalue weighted by Crippen LogP contribution is -2.29. The maximum atomic E-state index is 6.13. The Morgan fingerprint density at radius 3 is 2.94 bits per heavy atom. The summed E-state index contributed by atoms with van der Waals surface area (Å²) < 4.78 is 0.885. The van der Waals surface area contributed by atoms with Crippen molar-refractivity contribution in [2.24, 2.45) is 0 Å². The van der Waals surface area contributed by atoms with Crippen molar-refractivity contribution >= 4 is 50.7 Å². The van der Waals surface area contributed by atoms with E-state index < -0.39 is 0 Å². The van der Waals surface area contributed by atoms with E-state index in [2.05, 4.69) is 38.5 Å². The Morgan fingerprint density at radius 1 is 1.62 bits per heavy atom. The molecular weight excluding hydrogens is 310 g/mol. The lowest BCUT2D eigenvalue weighted by molar-refractivity contribution is 0.846. The van der Waals surface area contributed by atoms with Crippen LogP contribution in [0.5, 0.6) is 0 Å². The predicted molar refractivity (Wildman–Crippen MR) is 76.2 cm³/mol. The molecule has 88 valence electrons. The number of rotatable bonds is 3. The topological polar surface area (TPSA) is 37.0 Å². The van der Waals surface area contributed by atoms with E-state index in [1.54, 1.807) is 6.20 Å². The van der Waals surface area contributed by atoms with Gasteiger partial charge in [-0.3, -0.25) is 0 Å². The summed E-state index contributed by atoms with van der Waals surface area (Å²) in [6, 6.07) is 0. The van der Waals surface area contributed by atoms with Crippen molar-refractivity contribution in [2.75, 3.05) is 11.9 Å². The van der Waals surface area contributed by atoms with Crippen LogP contribution >= 0.6 is 39.7 Å². The van der Waals surface area contributed by atoms with E-state index in [4.69, 9.17) is 23.8 Å². The van der Waals surface area contributed by atoms with Gasteiger partial charge in [0.25, 0.3) is 0 Å². The highest BCUT2D eigenvalue weighted by Crippen LogP contribution is 2.28. The zero-order chi connectivity index (χ0) is 12.1. The number of hydrogen-bond donors (Lipinski definition) is 2. The second-order valence-corrected chi connectivity index (χ2v) is 4.92. The van der Waals surface area contributed by atoms with Crippen molar-refractivity contribution in [1.29, 1.82) is 0 Å². The van der Waals surface area contributed by atoms with Crippen LogP contribution in [-0.2, 0) is 0 Å². The summed E-state index contributed by atoms with van der Waals surface area (Å²) in [5.41, 5.74) is 0.942. The number of hydrogen-bond acceptors (Lipinski definition) is 2. The average molecular weight is 323 g/mol. The molecule has 1 heterocycles. The fraction of sp³-hybridized carbons (Fsp3) is 0.400. The van der Waals surface area contributed by atoms with E-state index in [9.17, 15) is 0 Å². The minimum Gasteiger partial charge on any atom is -0.362 e. The van der Waals surface area contributed by atoms with E-state index in [1.165, 1.54) is 0 Å². The highest BCUT2D eigenvalue weighted by molar-refractivity contribution is 9.10. The smallest absolute Gasteiger partial charge is 0.171 e. The second-order valence-electron chi connectivity index (χ2n) is 3.27. The van der Waals surface area contributed by atoms with Crippen LogP contribution in [0.2, 0.25) is 5.02 Å². The molecule has 0 spiro atoms. The largest absolute Gasteiger partial charge is 0.362 e. The van der Waals surface area contributed by atoms with Crippen LogP contribution < -0.4 is 10.6 Å². The Bertz CT molecular complexity index is 398. The molecule has 16 heavy (non-hydrogen) atoms. The standard InChI is InChI=1S/C10H13BrClN3S/c1-3-4-13-10(16)15-9-8(12)6(2)7(11)5-14-9/h5H,3-4H2,1-2H3,(H2,13,14,15,16). The monoisotopic (exact) mass is 321 g/mol. The van der Waals surface area contributed by atoms with Crippen molar-refractivity contribution < 1.29 is 0 Å². The van der Waals surface area contributed by atoms with Gasteiger partial charge in [-0.2, -0.15) is 0 Å². The molecular formula is C10H13BrClN3S. The van der Waals surface area contributed by atoms with E-state index in [1.807, 2.05) is 6.92 Å². The Hall–Kier alpha value is -0.390. The van der Waals surface area contributed by atoms with Crippen LogP contribution in [0.15, 0.2) is 10.7 Å². The van der Waals surface area contributed by atoms with E-state index in [-0.39, 0.29) is 0 Å². The summed E-state index contributed by atoms with van der Waals surface area (Å²) in [6.45, 7) is 4.82. The molecule has 0 aromatic carbocycles. The fourth-order valence-corrected chi connectivity index (χ4v) is 1.85. The Balaban J connectivity index is 2.74. The molecule has 0 radical (unpaired) electrons. The molecule has 3 nitrogen and oxygen atoms in total. The molecule has 0 aliphatic carbocycles. The van der Waals surface area contributed by atoms with Crippen molar-refractivity contribution in [3.05, 3.63) is 21.3 Å². The maximum Gasteiger partial charge on any atom is 0.171 e. The molecule has 0 fully saturated rings. The van der Waals surface area contributed by atoms with Crippen molar-refractivity contribution in [3.63, 3.8) is 0 Å². The lowest BCUT2D eigenvalue weighted by atomic mass is 10.3. The molecule has 1 aromatic heterocycles. The molecule has 1 rings (SSSR count). The van der Waals surface area contributed by atoms with Crippen LogP contribution in [0.25, 0.3) is 0 Å². The van der Waals surface area contributed by atoms with Gasteiger partial charge in [-0.1, -0.05) is 18.5 Å². The minimum atomic E-state index is 0.540. The number of thiocarbonyl (C=S) groups is 1. The highest BCUT2D eigenvalue weighted by atomic mass is 79.9. The van der Waals surface area contributed by atoms with Gasteiger partial charge < -0.3 is 10.6 Å². The number of aromatic nitrogens is 1. The van der Waals surface area contributed by atoms with Gasteiger partial charge in [0.1, 0.15) is 0 Å². The second kappa shape index (κ2) is 6.37. The van der Waals surface area contributed by atoms with Crippen LogP contribution in [0.3, 0.4) is 0 Å². The summed E-state index contributed by atoms with van der Waals surface area (Å²) in [5.74, 6) is 0.580. The molecule has 0 amide bonds. The number of nitrogens with zero attached hydrogens (tertiary/aromatic N) is 1. The van der Waals surface area contributed by atoms with Crippen molar-refractivity contribution in [2.45, 2.75) is 20.3 Å². The van der Waals surface area contributed by atoms with Crippen LogP contribution in [0.4, 0.5) is 5.82 Å². The minimum absolute atomic E-state index is 0.540. The van der Waals surface area contributed by atoms with Gasteiger partial charge in [0.15, 0.2) is 10.9 Å². The summed E-state index contributed by atoms with van der Waals surface area (Å²) in [7, 11) is 0. The molecule has 0 bridgehead atoms. The van der Waals surface area contributed by atoms with Gasteiger partial charge in [-0.25, -0.2) is 4.98 Å². The van der Waals surface area contributed by atoms with E-state index in [0.29, 0.717) is 16.0 Å². The molecule has 0 saturated carbocycles. The quantitative estimate of drug-likeness (QED) is 0.835. The van der Waals surface area contributed by atoms with Crippen LogP contribution in [0, 0.1) is 6.92 Å². The summed E-state index contributed by atoms with van der Waals surface area (Å²) >= 11 is 14.6. The molecule has 0 aliphatic heterocycles. The highest BCUT2D eigenvalue weighted by Gasteiger charge is 2.08. The third-order valence-electron chi connectivity index (χ3n) is 1.97. The van der Waals surface area contributed by atoms with Gasteiger partial charge in [0, 0.05) is 17.2 Å². The Morgan fingerprint density at radius 2 is 2.31 bits per heavy atom. The first-order chi connectivity index (χ1) is 7.56. The SMILES string of the molecule is CCCNC(=S)Nc1ncc(Br)c(C)c1Cl. The predicted octanol–water partition coefficient (Wildman–Crippen LogP) is 3.50. The van der Waals surface area contributed by atoms with Crippen LogP contribution in [0.1, 0.15) is 18.9 Å². The molecule has 0 unspecified atom stereocenters. The average Bonchev–Trinajstić information content (AvgIpc) is 2.27. The molecule has 1 aromatic rings. The fourth-order valence-electron chi connectivity index (χ4n) is 1.03. The summed E-state index contributed by atoms with van der Waals surface area (Å²) in [4.78, 5) is 4.17. The number of nitrogens with one attached hydrogen (secondary N) is 2. The normalized spacial score (nSPS) is 10.0. The summed E-state index contributed by atoms with van der Waals surface area (Å²) in [5, 5.41) is 7.14. The Labute approximate surface area is 114 Å². The molecule has 2 N–H and O–H groups in total. The van der Waals surface area contributed by atoms with Crippen LogP contribution in [-0.4, -0.2) is 16.6 Å². The molecule has 6 heteroatoms. The summed E-state index contributed by atoms with van der Waals surface area (Å²) in [6.07, 6.45) is 2.72. The number of pyridine rings is 1. The first-order valence-corrected chi connectivity index (χ1v) is 6.49. The van der Waals surface area contributed by atoms with E-state index >= 15 is 0 Å². The molecule has 0 aliphatic rings. The van der Waals surface area contributed by atoms with Gasteiger partial charge in [0.2, 0.25) is 0 Å². The Kier molecular flexibility index (Phi) is 5.44. The third kappa shape index (κ3) is 3.57. The zero-order valence-electron chi connectivity index (χ0n) is 9.10. The lowest BCUT2D eigenvalue weighted by Gasteiger charge is -2.11. The maximum absolute atomic E-state index is 6.13. The first kappa shape index (κ1) is 13.7. The van der Waals surface area contributed by atoms with Gasteiger partial charge in [0.05, 0.1) is 5.02 Å². The number of anilines is 1. The number of halogens is 2. The van der Waals surface area contributed by atoms with Crippen molar-refractivity contribution in [1.82, 2.24) is 10.3 Å². The zero-order valence-corrected chi connectivity index (χ0v) is 12.3. The molecule has 0 atom stereocenters. The van der Waals surface area contributed by atoms with E-state index in [0.717, 1.165) is 23.0 Å². The van der Waals surface area contributed by atoms with Gasteiger partial charge in [-0.15, -0.1) is 0 Å². The van der Waals surface area contributed by atoms with Gasteiger partial charge >= 0.3 is 0 Å². The third-order valence-corrected chi connectivity index (χ3v) is 3.48. The van der Waals surface area contributed by atoms with Crippen molar-refractivity contribution in [3.8, 4) is 0 Å². The first-order valence-electron chi connectivity index (χ1n) is 4.91.